The van der Waals surface area contributed by atoms with Gasteiger partial charge < -0.3 is 29.4 Å². The van der Waals surface area contributed by atoms with Gasteiger partial charge >= 0.3 is 0 Å². The highest BCUT2D eigenvalue weighted by molar-refractivity contribution is 6.01. The van der Waals surface area contributed by atoms with Crippen LogP contribution in [0.15, 0.2) is 109 Å². The Morgan fingerprint density at radius 2 is 1.85 bits per heavy atom. The quantitative estimate of drug-likeness (QED) is 0.144. The Morgan fingerprint density at radius 1 is 1.06 bits per heavy atom. The van der Waals surface area contributed by atoms with Crippen molar-refractivity contribution in [3.63, 3.8) is 0 Å². The minimum absolute atomic E-state index is 0.0669. The molecule has 2 aliphatic rings. The molecule has 2 N–H and O–H groups in total. The molecule has 0 aromatic heterocycles. The van der Waals surface area contributed by atoms with E-state index in [4.69, 9.17) is 18.9 Å². The average molecular weight is 637 g/mol. The number of para-hydroxylation sites is 1. The van der Waals surface area contributed by atoms with Gasteiger partial charge in [0.05, 0.1) is 38.6 Å². The van der Waals surface area contributed by atoms with Crippen LogP contribution < -0.4 is 24.4 Å². The number of anilines is 2. The highest BCUT2D eigenvalue weighted by Crippen LogP contribution is 2.50. The molecule has 0 spiro atoms. The smallest absolute Gasteiger partial charge is 0.232 e. The third-order valence-electron chi connectivity index (χ3n) is 8.60. The third-order valence-corrected chi connectivity index (χ3v) is 8.60. The molecule has 0 fully saturated rings. The van der Waals surface area contributed by atoms with E-state index in [2.05, 4.69) is 11.9 Å². The van der Waals surface area contributed by atoms with Gasteiger partial charge in [0, 0.05) is 29.0 Å². The second-order valence-corrected chi connectivity index (χ2v) is 11.9. The molecule has 2 unspecified atom stereocenters. The summed E-state index contributed by atoms with van der Waals surface area (Å²) in [6, 6.07) is 23.3. The lowest BCUT2D eigenvalue weighted by molar-refractivity contribution is -0.118. The zero-order chi connectivity index (χ0) is 33.1. The number of carbonyl (C=O) groups is 1. The largest absolute Gasteiger partial charge is 0.506 e. The summed E-state index contributed by atoms with van der Waals surface area (Å²) >= 11 is 0. The maximum absolute atomic E-state index is 16.4. The normalized spacial score (nSPS) is 18.6. The molecule has 0 aliphatic carbocycles. The first kappa shape index (κ1) is 31.5. The predicted octanol–water partition coefficient (Wildman–Crippen LogP) is 7.69. The van der Waals surface area contributed by atoms with Crippen LogP contribution in [0.1, 0.15) is 36.1 Å². The summed E-state index contributed by atoms with van der Waals surface area (Å²) < 4.78 is 39.7. The molecular formula is C38H37FN2O6. The van der Waals surface area contributed by atoms with Crippen LogP contribution in [0.5, 0.6) is 23.0 Å². The van der Waals surface area contributed by atoms with Gasteiger partial charge in [0.25, 0.3) is 0 Å². The van der Waals surface area contributed by atoms with E-state index in [1.165, 1.54) is 24.1 Å². The van der Waals surface area contributed by atoms with Gasteiger partial charge in [-0.25, -0.2) is 4.39 Å². The van der Waals surface area contributed by atoms with Crippen LogP contribution in [-0.2, 0) is 22.6 Å². The summed E-state index contributed by atoms with van der Waals surface area (Å²) in [4.78, 5) is 16.1. The molecule has 0 radical (unpaired) electrons. The van der Waals surface area contributed by atoms with Crippen LogP contribution in [0.3, 0.4) is 0 Å². The average Bonchev–Trinajstić information content (AvgIpc) is 3.22. The second kappa shape index (κ2) is 13.1. The van der Waals surface area contributed by atoms with Crippen molar-refractivity contribution >= 4 is 17.3 Å². The first-order chi connectivity index (χ1) is 22.7. The zero-order valence-corrected chi connectivity index (χ0v) is 26.6. The van der Waals surface area contributed by atoms with Crippen LogP contribution in [-0.4, -0.2) is 31.8 Å². The molecule has 0 bridgehead atoms. The molecular weight excluding hydrogens is 599 g/mol. The van der Waals surface area contributed by atoms with Crippen LogP contribution in [0, 0.1) is 11.2 Å². The monoisotopic (exact) mass is 636 g/mol. The van der Waals surface area contributed by atoms with Crippen molar-refractivity contribution in [1.29, 1.82) is 0 Å². The van der Waals surface area contributed by atoms with Gasteiger partial charge in [-0.15, -0.1) is 6.58 Å². The van der Waals surface area contributed by atoms with Crippen molar-refractivity contribution in [2.75, 3.05) is 31.0 Å². The molecule has 242 valence electrons. The fourth-order valence-corrected chi connectivity index (χ4v) is 6.00. The van der Waals surface area contributed by atoms with E-state index < -0.39 is 17.3 Å². The number of hydrogen-bond acceptors (Lipinski definition) is 7. The lowest BCUT2D eigenvalue weighted by Crippen LogP contribution is -2.39. The Kier molecular flexibility index (Phi) is 8.80. The van der Waals surface area contributed by atoms with Gasteiger partial charge in [0.1, 0.15) is 52.9 Å². The van der Waals surface area contributed by atoms with Crippen LogP contribution in [0.25, 0.3) is 0 Å². The number of nitrogens with zero attached hydrogens (tertiary/aromatic N) is 1. The number of amides is 1. The third kappa shape index (κ3) is 6.34. The highest BCUT2D eigenvalue weighted by atomic mass is 19.1. The summed E-state index contributed by atoms with van der Waals surface area (Å²) in [7, 11) is 3.08. The Labute approximate surface area is 273 Å². The van der Waals surface area contributed by atoms with Crippen molar-refractivity contribution in [2.45, 2.75) is 32.4 Å². The van der Waals surface area contributed by atoms with Gasteiger partial charge in [-0.2, -0.15) is 0 Å². The second-order valence-electron chi connectivity index (χ2n) is 11.9. The molecule has 47 heavy (non-hydrogen) atoms. The van der Waals surface area contributed by atoms with Crippen molar-refractivity contribution in [3.05, 3.63) is 132 Å². The number of benzene rings is 4. The molecule has 0 saturated carbocycles. The Morgan fingerprint density at radius 3 is 2.57 bits per heavy atom. The molecule has 0 saturated heterocycles. The molecule has 9 heteroatoms. The maximum atomic E-state index is 16.4. The maximum Gasteiger partial charge on any atom is 0.232 e. The molecule has 4 aromatic rings. The van der Waals surface area contributed by atoms with Gasteiger partial charge in [-0.3, -0.25) is 9.69 Å². The molecule has 4 aromatic carbocycles. The first-order valence-electron chi connectivity index (χ1n) is 15.3. The van der Waals surface area contributed by atoms with Crippen molar-refractivity contribution < 1.29 is 33.2 Å². The first-order valence-corrected chi connectivity index (χ1v) is 15.3. The molecule has 2 heterocycles. The number of nitrogens with one attached hydrogen (secondary N) is 1. The predicted molar refractivity (Wildman–Crippen MR) is 178 cm³/mol. The topological polar surface area (TPSA) is 89.5 Å². The van der Waals surface area contributed by atoms with E-state index in [0.717, 1.165) is 5.56 Å². The standard InChI is InChI=1S/C38H37FN2O6/c1-5-38(2)21-30-37(47-23-38)36(28-16-14-27(20-29(28)39)46-22-24-10-7-6-8-11-24)41(31-12-9-13-32(42)35(31)40-30)34(43)19-25-18-26(44-3)15-17-33(25)45-4/h5-18,20,36,40,42H,1,19,21-23H2,2-4H3. The Hall–Kier alpha value is -5.44. The molecule has 8 nitrogen and oxygen atoms in total. The van der Waals surface area contributed by atoms with Crippen molar-refractivity contribution in [1.82, 2.24) is 0 Å². The number of fused-ring (bicyclic) bond motifs is 1. The Bertz CT molecular complexity index is 1840. The number of methoxy groups -OCH3 is 2. The van der Waals surface area contributed by atoms with E-state index in [1.807, 2.05) is 43.3 Å². The number of rotatable bonds is 9. The lowest BCUT2D eigenvalue weighted by Gasteiger charge is -2.38. The molecule has 2 aliphatic heterocycles. The van der Waals surface area contributed by atoms with E-state index in [1.54, 1.807) is 49.6 Å². The number of phenols is 1. The minimum atomic E-state index is -1.03. The highest BCUT2D eigenvalue weighted by Gasteiger charge is 2.43. The Balaban J connectivity index is 1.48. The summed E-state index contributed by atoms with van der Waals surface area (Å²) in [5.41, 5.74) is 2.58. The summed E-state index contributed by atoms with van der Waals surface area (Å²) in [6.07, 6.45) is 2.17. The molecule has 2 atom stereocenters. The number of ether oxygens (including phenoxy) is 4. The lowest BCUT2D eigenvalue weighted by atomic mass is 9.83. The molecule has 1 amide bonds. The number of halogens is 1. The fourth-order valence-electron chi connectivity index (χ4n) is 6.00. The number of carbonyl (C=O) groups excluding carboxylic acids is 1. The number of hydrogen-bond donors (Lipinski definition) is 2. The summed E-state index contributed by atoms with van der Waals surface area (Å²) in [5, 5.41) is 14.4. The van der Waals surface area contributed by atoms with Gasteiger partial charge in [0.15, 0.2) is 0 Å². The van der Waals surface area contributed by atoms with E-state index >= 15 is 4.39 Å². The summed E-state index contributed by atoms with van der Waals surface area (Å²) in [5.74, 6) is 0.757. The molecule has 6 rings (SSSR count). The van der Waals surface area contributed by atoms with Gasteiger partial charge in [-0.05, 0) is 48.0 Å². The van der Waals surface area contributed by atoms with E-state index in [-0.39, 0.29) is 36.9 Å². The number of aromatic hydroxyl groups is 1. The number of allylic oxidation sites excluding steroid dienone is 1. The zero-order valence-electron chi connectivity index (χ0n) is 26.6. The van der Waals surface area contributed by atoms with Crippen molar-refractivity contribution in [2.24, 2.45) is 5.41 Å². The van der Waals surface area contributed by atoms with Crippen LogP contribution in [0.2, 0.25) is 0 Å². The fraction of sp³-hybridized carbons (Fsp3) is 0.237. The SMILES string of the molecule is C=CC1(C)COC2=C(C1)Nc1c(O)cccc1N(C(=O)Cc1cc(OC)ccc1OC)C2c1ccc(OCc2ccccc2)cc1F. The summed E-state index contributed by atoms with van der Waals surface area (Å²) in [6.45, 7) is 6.54. The van der Waals surface area contributed by atoms with Crippen molar-refractivity contribution in [3.8, 4) is 23.0 Å². The van der Waals surface area contributed by atoms with E-state index in [9.17, 15) is 9.90 Å². The minimum Gasteiger partial charge on any atom is -0.506 e. The van der Waals surface area contributed by atoms with Gasteiger partial charge in [0.2, 0.25) is 5.91 Å². The van der Waals surface area contributed by atoms with Gasteiger partial charge in [-0.1, -0.05) is 49.4 Å². The van der Waals surface area contributed by atoms with E-state index in [0.29, 0.717) is 52.1 Å². The van der Waals surface area contributed by atoms with Crippen LogP contribution >= 0.6 is 0 Å². The number of phenolic OH excluding ortho intramolecular Hbond substituents is 1. The van der Waals surface area contributed by atoms with Crippen LogP contribution in [0.4, 0.5) is 15.8 Å².